The zero-order valence-electron chi connectivity index (χ0n) is 17.2. The van der Waals surface area contributed by atoms with Gasteiger partial charge in [0.2, 0.25) is 11.8 Å². The fourth-order valence-electron chi connectivity index (χ4n) is 3.08. The van der Waals surface area contributed by atoms with E-state index < -0.39 is 41.9 Å². The number of hydrogen-bond acceptors (Lipinski definition) is 5. The highest BCUT2D eigenvalue weighted by molar-refractivity contribution is 5.91. The topological polar surface area (TPSA) is 138 Å². The number of rotatable bonds is 10. The van der Waals surface area contributed by atoms with Crippen molar-refractivity contribution in [2.75, 3.05) is 0 Å². The normalized spacial score (nSPS) is 12.9. The molecule has 2 rings (SSSR count). The minimum Gasteiger partial charge on any atom is -0.481 e. The molecule has 0 radical (unpaired) electrons. The summed E-state index contributed by atoms with van der Waals surface area (Å²) in [5, 5.41) is 15.0. The number of carboxylic acid groups (broad SMARTS) is 1. The highest BCUT2D eigenvalue weighted by atomic mass is 16.5. The van der Waals surface area contributed by atoms with E-state index in [0.717, 1.165) is 16.5 Å². The first-order valence-electron chi connectivity index (χ1n) is 9.72. The quantitative estimate of drug-likeness (QED) is 0.433. The van der Waals surface area contributed by atoms with Gasteiger partial charge in [0, 0.05) is 36.9 Å². The van der Waals surface area contributed by atoms with Gasteiger partial charge < -0.3 is 25.5 Å². The fourth-order valence-corrected chi connectivity index (χ4v) is 3.08. The molecule has 0 aliphatic carbocycles. The first-order chi connectivity index (χ1) is 14.2. The molecule has 0 saturated heterocycles. The number of esters is 1. The summed E-state index contributed by atoms with van der Waals surface area (Å²) in [4.78, 5) is 50.9. The van der Waals surface area contributed by atoms with Gasteiger partial charge in [0.15, 0.2) is 0 Å². The average Bonchev–Trinajstić information content (AvgIpc) is 3.06. The Morgan fingerprint density at radius 1 is 1.10 bits per heavy atom. The zero-order valence-corrected chi connectivity index (χ0v) is 17.2. The van der Waals surface area contributed by atoms with E-state index in [4.69, 9.17) is 9.84 Å². The van der Waals surface area contributed by atoms with Crippen molar-refractivity contribution in [3.8, 4) is 0 Å². The van der Waals surface area contributed by atoms with Gasteiger partial charge in [-0.1, -0.05) is 18.2 Å². The molecule has 2 amide bonds. The maximum absolute atomic E-state index is 12.9. The second-order valence-corrected chi connectivity index (χ2v) is 7.30. The summed E-state index contributed by atoms with van der Waals surface area (Å²) in [6.07, 6.45) is 1.11. The van der Waals surface area contributed by atoms with Crippen LogP contribution in [0.3, 0.4) is 0 Å². The first kappa shape index (κ1) is 22.9. The Hall–Kier alpha value is -3.36. The van der Waals surface area contributed by atoms with Crippen molar-refractivity contribution >= 4 is 34.7 Å². The van der Waals surface area contributed by atoms with Gasteiger partial charge in [-0.2, -0.15) is 0 Å². The van der Waals surface area contributed by atoms with Crippen molar-refractivity contribution < 1.29 is 29.0 Å². The van der Waals surface area contributed by atoms with Crippen molar-refractivity contribution in [3.05, 3.63) is 36.0 Å². The van der Waals surface area contributed by atoms with Crippen LogP contribution in [0.15, 0.2) is 30.5 Å². The summed E-state index contributed by atoms with van der Waals surface area (Å²) in [5.74, 6) is -2.80. The minimum atomic E-state index is -1.13. The molecule has 30 heavy (non-hydrogen) atoms. The Morgan fingerprint density at radius 3 is 2.43 bits per heavy atom. The van der Waals surface area contributed by atoms with E-state index in [2.05, 4.69) is 15.6 Å². The van der Waals surface area contributed by atoms with Crippen LogP contribution in [-0.4, -0.2) is 52.0 Å². The Kier molecular flexibility index (Phi) is 7.97. The number of carboxylic acids is 1. The van der Waals surface area contributed by atoms with Crippen LogP contribution in [0.4, 0.5) is 0 Å². The summed E-state index contributed by atoms with van der Waals surface area (Å²) in [6.45, 7) is 4.61. The summed E-state index contributed by atoms with van der Waals surface area (Å²) >= 11 is 0. The largest absolute Gasteiger partial charge is 0.481 e. The van der Waals surface area contributed by atoms with Crippen molar-refractivity contribution in [1.82, 2.24) is 15.6 Å². The van der Waals surface area contributed by atoms with Gasteiger partial charge in [0.1, 0.15) is 12.1 Å². The van der Waals surface area contributed by atoms with Crippen LogP contribution < -0.4 is 10.6 Å². The number of nitrogens with one attached hydrogen (secondary N) is 3. The van der Waals surface area contributed by atoms with Crippen molar-refractivity contribution in [2.24, 2.45) is 0 Å². The van der Waals surface area contributed by atoms with Crippen LogP contribution in [0, 0.1) is 0 Å². The average molecular weight is 417 g/mol. The molecule has 1 heterocycles. The number of aliphatic carboxylic acids is 1. The molecule has 2 aromatic rings. The highest BCUT2D eigenvalue weighted by Gasteiger charge is 2.28. The molecule has 1 aromatic carbocycles. The van der Waals surface area contributed by atoms with Crippen molar-refractivity contribution in [2.45, 2.75) is 58.2 Å². The van der Waals surface area contributed by atoms with Crippen molar-refractivity contribution in [3.63, 3.8) is 0 Å². The molecule has 0 bridgehead atoms. The second kappa shape index (κ2) is 10.4. The van der Waals surface area contributed by atoms with Gasteiger partial charge in [-0.25, -0.2) is 4.79 Å². The summed E-state index contributed by atoms with van der Waals surface area (Å²) in [7, 11) is 0. The Morgan fingerprint density at radius 2 is 1.80 bits per heavy atom. The molecule has 162 valence electrons. The molecule has 0 spiro atoms. The summed E-state index contributed by atoms with van der Waals surface area (Å²) in [6, 6.07) is 5.48. The lowest BCUT2D eigenvalue weighted by Gasteiger charge is -2.22. The predicted molar refractivity (Wildman–Crippen MR) is 110 cm³/mol. The van der Waals surface area contributed by atoms with Gasteiger partial charge in [-0.3, -0.25) is 14.4 Å². The van der Waals surface area contributed by atoms with Gasteiger partial charge in [0.05, 0.1) is 6.10 Å². The number of amides is 2. The molecule has 2 atom stereocenters. The Labute approximate surface area is 174 Å². The van der Waals surface area contributed by atoms with Gasteiger partial charge in [-0.05, 0) is 31.9 Å². The second-order valence-electron chi connectivity index (χ2n) is 7.30. The van der Waals surface area contributed by atoms with Gasteiger partial charge >= 0.3 is 11.9 Å². The van der Waals surface area contributed by atoms with E-state index in [-0.39, 0.29) is 19.3 Å². The molecular weight excluding hydrogens is 390 g/mol. The first-order valence-corrected chi connectivity index (χ1v) is 9.72. The fraction of sp³-hybridized carbons (Fsp3) is 0.429. The van der Waals surface area contributed by atoms with E-state index >= 15 is 0 Å². The van der Waals surface area contributed by atoms with Crippen LogP contribution >= 0.6 is 0 Å². The Bertz CT molecular complexity index is 920. The summed E-state index contributed by atoms with van der Waals surface area (Å²) < 4.78 is 5.13. The zero-order chi connectivity index (χ0) is 22.3. The number of H-pyrrole nitrogens is 1. The van der Waals surface area contributed by atoms with Crippen LogP contribution in [0.2, 0.25) is 0 Å². The SMILES string of the molecule is CC(=O)NC(Cc1c[nH]c2ccccc12)C(=O)NC(CCC(=O)O)C(=O)OC(C)C. The van der Waals surface area contributed by atoms with E-state index in [1.165, 1.54) is 6.92 Å². The number of benzene rings is 1. The number of fused-ring (bicyclic) bond motifs is 1. The maximum atomic E-state index is 12.9. The monoisotopic (exact) mass is 417 g/mol. The number of para-hydroxylation sites is 1. The molecule has 9 nitrogen and oxygen atoms in total. The van der Waals surface area contributed by atoms with E-state index in [1.54, 1.807) is 20.0 Å². The lowest BCUT2D eigenvalue weighted by atomic mass is 10.0. The molecule has 0 aliphatic rings. The number of aromatic amines is 1. The molecular formula is C21H27N3O6. The van der Waals surface area contributed by atoms with Crippen LogP contribution in [-0.2, 0) is 30.3 Å². The number of ether oxygens (including phenoxy) is 1. The molecule has 0 fully saturated rings. The molecule has 1 aromatic heterocycles. The standard InChI is InChI=1S/C21H27N3O6/c1-12(2)30-21(29)17(8-9-19(26)27)24-20(28)18(23-13(3)25)10-14-11-22-16-7-5-4-6-15(14)16/h4-7,11-12,17-18,22H,8-10H2,1-3H3,(H,23,25)(H,24,28)(H,26,27). The molecule has 0 aliphatic heterocycles. The van der Waals surface area contributed by atoms with Crippen molar-refractivity contribution in [1.29, 1.82) is 0 Å². The lowest BCUT2D eigenvalue weighted by Crippen LogP contribution is -2.52. The van der Waals surface area contributed by atoms with Crippen LogP contribution in [0.25, 0.3) is 10.9 Å². The molecule has 9 heteroatoms. The van der Waals surface area contributed by atoms with E-state index in [1.807, 2.05) is 24.3 Å². The van der Waals surface area contributed by atoms with Gasteiger partial charge in [-0.15, -0.1) is 0 Å². The third kappa shape index (κ3) is 6.61. The third-order valence-electron chi connectivity index (χ3n) is 4.39. The predicted octanol–water partition coefficient (Wildman–Crippen LogP) is 1.52. The molecule has 4 N–H and O–H groups in total. The number of hydrogen-bond donors (Lipinski definition) is 4. The Balaban J connectivity index is 2.19. The van der Waals surface area contributed by atoms with E-state index in [0.29, 0.717) is 0 Å². The third-order valence-corrected chi connectivity index (χ3v) is 4.39. The van der Waals surface area contributed by atoms with Crippen LogP contribution in [0.1, 0.15) is 39.2 Å². The highest BCUT2D eigenvalue weighted by Crippen LogP contribution is 2.19. The number of aromatic nitrogens is 1. The molecule has 0 saturated carbocycles. The maximum Gasteiger partial charge on any atom is 0.328 e. The number of carbonyl (C=O) groups is 4. The van der Waals surface area contributed by atoms with Crippen LogP contribution in [0.5, 0.6) is 0 Å². The summed E-state index contributed by atoms with van der Waals surface area (Å²) in [5.41, 5.74) is 1.72. The lowest BCUT2D eigenvalue weighted by molar-refractivity contribution is -0.152. The number of carbonyl (C=O) groups excluding carboxylic acids is 3. The minimum absolute atomic E-state index is 0.119. The van der Waals surface area contributed by atoms with E-state index in [9.17, 15) is 19.2 Å². The van der Waals surface area contributed by atoms with Gasteiger partial charge in [0.25, 0.3) is 0 Å². The smallest absolute Gasteiger partial charge is 0.328 e. The molecule has 2 unspecified atom stereocenters.